The van der Waals surface area contributed by atoms with E-state index in [1.807, 2.05) is 11.3 Å². The van der Waals surface area contributed by atoms with E-state index in [1.54, 1.807) is 0 Å². The van der Waals surface area contributed by atoms with Gasteiger partial charge in [-0.05, 0) is 42.8 Å². The molecule has 2 aromatic rings. The van der Waals surface area contributed by atoms with Crippen molar-refractivity contribution in [3.05, 3.63) is 58.3 Å². The molecule has 1 aromatic carbocycles. The Morgan fingerprint density at radius 3 is 2.50 bits per heavy atom. The Hall–Kier alpha value is -1.12. The summed E-state index contributed by atoms with van der Waals surface area (Å²) < 4.78 is 0. The van der Waals surface area contributed by atoms with Crippen LogP contribution in [-0.4, -0.2) is 6.54 Å². The van der Waals surface area contributed by atoms with E-state index in [2.05, 4.69) is 67.0 Å². The van der Waals surface area contributed by atoms with Crippen LogP contribution in [0.4, 0.5) is 0 Å². The molecule has 1 heterocycles. The Kier molecular flexibility index (Phi) is 4.97. The molecule has 2 rings (SSSR count). The third kappa shape index (κ3) is 3.69. The maximum absolute atomic E-state index is 3.60. The van der Waals surface area contributed by atoms with Gasteiger partial charge in [0.15, 0.2) is 0 Å². The SMILES string of the molecule is CC(CCN[C@@H](C)c1cccs1)c1ccccc1. The minimum atomic E-state index is 0.466. The van der Waals surface area contributed by atoms with E-state index in [4.69, 9.17) is 0 Å². The number of hydrogen-bond donors (Lipinski definition) is 1. The highest BCUT2D eigenvalue weighted by Crippen LogP contribution is 2.20. The summed E-state index contributed by atoms with van der Waals surface area (Å²) in [5.74, 6) is 0.620. The van der Waals surface area contributed by atoms with Crippen molar-refractivity contribution < 1.29 is 0 Å². The first kappa shape index (κ1) is 13.3. The van der Waals surface area contributed by atoms with Gasteiger partial charge in [0.25, 0.3) is 0 Å². The molecule has 0 saturated heterocycles. The van der Waals surface area contributed by atoms with Crippen molar-refractivity contribution in [3.63, 3.8) is 0 Å². The summed E-state index contributed by atoms with van der Waals surface area (Å²) in [5, 5.41) is 5.74. The molecule has 0 radical (unpaired) electrons. The minimum absolute atomic E-state index is 0.466. The molecular weight excluding hydrogens is 238 g/mol. The summed E-state index contributed by atoms with van der Waals surface area (Å²) in [6.07, 6.45) is 1.18. The topological polar surface area (TPSA) is 12.0 Å². The van der Waals surface area contributed by atoms with Crippen molar-refractivity contribution in [2.24, 2.45) is 0 Å². The molecule has 0 fully saturated rings. The maximum Gasteiger partial charge on any atom is 0.0386 e. The lowest BCUT2D eigenvalue weighted by Gasteiger charge is -2.15. The molecule has 18 heavy (non-hydrogen) atoms. The Balaban J connectivity index is 1.76. The van der Waals surface area contributed by atoms with Crippen molar-refractivity contribution in [1.29, 1.82) is 0 Å². The predicted molar refractivity (Wildman–Crippen MR) is 80.2 cm³/mol. The van der Waals surface area contributed by atoms with E-state index >= 15 is 0 Å². The van der Waals surface area contributed by atoms with Gasteiger partial charge in [-0.1, -0.05) is 43.3 Å². The van der Waals surface area contributed by atoms with Crippen LogP contribution in [0.15, 0.2) is 47.8 Å². The van der Waals surface area contributed by atoms with Gasteiger partial charge in [0.1, 0.15) is 0 Å². The molecule has 1 N–H and O–H groups in total. The Labute approximate surface area is 114 Å². The molecule has 2 atom stereocenters. The van der Waals surface area contributed by atoms with E-state index in [0.717, 1.165) is 6.54 Å². The van der Waals surface area contributed by atoms with Gasteiger partial charge in [-0.25, -0.2) is 0 Å². The molecule has 0 aliphatic rings. The highest BCUT2D eigenvalue weighted by Gasteiger charge is 2.08. The zero-order chi connectivity index (χ0) is 12.8. The molecular formula is C16H21NS. The molecule has 0 aliphatic carbocycles. The van der Waals surface area contributed by atoms with E-state index in [9.17, 15) is 0 Å². The van der Waals surface area contributed by atoms with E-state index < -0.39 is 0 Å². The van der Waals surface area contributed by atoms with Gasteiger partial charge in [0.05, 0.1) is 0 Å². The van der Waals surface area contributed by atoms with Gasteiger partial charge in [-0.2, -0.15) is 0 Å². The molecule has 0 spiro atoms. The fourth-order valence-electron chi connectivity index (χ4n) is 2.10. The summed E-state index contributed by atoms with van der Waals surface area (Å²) in [7, 11) is 0. The van der Waals surface area contributed by atoms with Crippen LogP contribution in [0.5, 0.6) is 0 Å². The predicted octanol–water partition coefficient (Wildman–Crippen LogP) is 4.59. The Bertz CT molecular complexity index is 435. The van der Waals surface area contributed by atoms with Crippen LogP contribution in [0.1, 0.15) is 42.7 Å². The first-order valence-corrected chi connectivity index (χ1v) is 7.47. The third-order valence-corrected chi connectivity index (χ3v) is 4.42. The number of hydrogen-bond acceptors (Lipinski definition) is 2. The van der Waals surface area contributed by atoms with Crippen molar-refractivity contribution >= 4 is 11.3 Å². The average Bonchev–Trinajstić information content (AvgIpc) is 2.93. The van der Waals surface area contributed by atoms with Gasteiger partial charge < -0.3 is 5.32 Å². The molecule has 1 unspecified atom stereocenters. The summed E-state index contributed by atoms with van der Waals surface area (Å²) in [6.45, 7) is 5.60. The highest BCUT2D eigenvalue weighted by molar-refractivity contribution is 7.10. The van der Waals surface area contributed by atoms with Crippen LogP contribution in [0.2, 0.25) is 0 Å². The fraction of sp³-hybridized carbons (Fsp3) is 0.375. The number of rotatable bonds is 6. The lowest BCUT2D eigenvalue weighted by Crippen LogP contribution is -2.20. The van der Waals surface area contributed by atoms with Crippen molar-refractivity contribution in [3.8, 4) is 0 Å². The summed E-state index contributed by atoms with van der Waals surface area (Å²) in [5.41, 5.74) is 1.43. The number of nitrogens with one attached hydrogen (secondary N) is 1. The largest absolute Gasteiger partial charge is 0.309 e. The third-order valence-electron chi connectivity index (χ3n) is 3.37. The zero-order valence-electron chi connectivity index (χ0n) is 11.1. The van der Waals surface area contributed by atoms with Crippen LogP contribution in [-0.2, 0) is 0 Å². The smallest absolute Gasteiger partial charge is 0.0386 e. The van der Waals surface area contributed by atoms with Crippen molar-refractivity contribution in [1.82, 2.24) is 5.32 Å². The first-order valence-electron chi connectivity index (χ1n) is 6.59. The fourth-order valence-corrected chi connectivity index (χ4v) is 2.86. The second-order valence-electron chi connectivity index (χ2n) is 4.79. The molecule has 0 amide bonds. The summed E-state index contributed by atoms with van der Waals surface area (Å²) in [4.78, 5) is 1.42. The standard InChI is InChI=1S/C16H21NS/c1-13(15-7-4-3-5-8-15)10-11-17-14(2)16-9-6-12-18-16/h3-9,12-14,17H,10-11H2,1-2H3/t13?,14-/m0/s1. The Morgan fingerprint density at radius 2 is 1.83 bits per heavy atom. The van der Waals surface area contributed by atoms with Gasteiger partial charge in [-0.3, -0.25) is 0 Å². The molecule has 0 aliphatic heterocycles. The van der Waals surface area contributed by atoms with Crippen LogP contribution in [0.3, 0.4) is 0 Å². The monoisotopic (exact) mass is 259 g/mol. The normalized spacial score (nSPS) is 14.3. The lowest BCUT2D eigenvalue weighted by molar-refractivity contribution is 0.536. The molecule has 0 bridgehead atoms. The van der Waals surface area contributed by atoms with E-state index in [-0.39, 0.29) is 0 Å². The summed E-state index contributed by atoms with van der Waals surface area (Å²) >= 11 is 1.82. The van der Waals surface area contributed by atoms with E-state index in [0.29, 0.717) is 12.0 Å². The van der Waals surface area contributed by atoms with Gasteiger partial charge in [-0.15, -0.1) is 11.3 Å². The quantitative estimate of drug-likeness (QED) is 0.800. The van der Waals surface area contributed by atoms with Crippen LogP contribution < -0.4 is 5.32 Å². The molecule has 1 aromatic heterocycles. The van der Waals surface area contributed by atoms with Gasteiger partial charge in [0.2, 0.25) is 0 Å². The van der Waals surface area contributed by atoms with E-state index in [1.165, 1.54) is 16.9 Å². The number of thiophene rings is 1. The zero-order valence-corrected chi connectivity index (χ0v) is 11.9. The average molecular weight is 259 g/mol. The molecule has 1 nitrogen and oxygen atoms in total. The lowest BCUT2D eigenvalue weighted by atomic mass is 9.98. The molecule has 2 heteroatoms. The first-order chi connectivity index (χ1) is 8.77. The van der Waals surface area contributed by atoms with Crippen molar-refractivity contribution in [2.45, 2.75) is 32.2 Å². The highest BCUT2D eigenvalue weighted by atomic mass is 32.1. The van der Waals surface area contributed by atoms with Crippen LogP contribution in [0, 0.1) is 0 Å². The number of benzene rings is 1. The van der Waals surface area contributed by atoms with Crippen LogP contribution >= 0.6 is 11.3 Å². The van der Waals surface area contributed by atoms with Crippen molar-refractivity contribution in [2.75, 3.05) is 6.54 Å². The maximum atomic E-state index is 3.60. The van der Waals surface area contributed by atoms with Gasteiger partial charge >= 0.3 is 0 Å². The second-order valence-corrected chi connectivity index (χ2v) is 5.77. The molecule has 96 valence electrons. The second kappa shape index (κ2) is 6.72. The minimum Gasteiger partial charge on any atom is -0.309 e. The van der Waals surface area contributed by atoms with Gasteiger partial charge in [0, 0.05) is 10.9 Å². The summed E-state index contributed by atoms with van der Waals surface area (Å²) in [6, 6.07) is 15.5. The molecule has 0 saturated carbocycles. The van der Waals surface area contributed by atoms with Crippen LogP contribution in [0.25, 0.3) is 0 Å². The Morgan fingerprint density at radius 1 is 1.06 bits per heavy atom.